The Morgan fingerprint density at radius 2 is 1.97 bits per heavy atom. The first-order chi connectivity index (χ1) is 19.0. The summed E-state index contributed by atoms with van der Waals surface area (Å²) in [5, 5.41) is 10.4. The van der Waals surface area contributed by atoms with E-state index in [0.29, 0.717) is 61.7 Å². The number of hydrogen-bond donors (Lipinski definition) is 2. The fourth-order valence-corrected chi connectivity index (χ4v) is 4.58. The fraction of sp³-hybridized carbons (Fsp3) is 0.393. The minimum atomic E-state index is -0.388. The van der Waals surface area contributed by atoms with Crippen molar-refractivity contribution in [3.05, 3.63) is 77.3 Å². The van der Waals surface area contributed by atoms with E-state index in [1.165, 1.54) is 6.33 Å². The molecule has 1 aliphatic heterocycles. The van der Waals surface area contributed by atoms with E-state index in [1.54, 1.807) is 34.1 Å². The molecule has 1 aromatic heterocycles. The van der Waals surface area contributed by atoms with Crippen LogP contribution in [0.25, 0.3) is 0 Å². The summed E-state index contributed by atoms with van der Waals surface area (Å²) in [6.07, 6.45) is 5.73. The quantitative estimate of drug-likeness (QED) is 0.485. The van der Waals surface area contributed by atoms with Gasteiger partial charge in [0.25, 0.3) is 5.91 Å². The second kappa shape index (κ2) is 14.3. The molecule has 1 atom stereocenters. The number of rotatable bonds is 6. The van der Waals surface area contributed by atoms with Crippen LogP contribution in [0, 0.1) is 0 Å². The van der Waals surface area contributed by atoms with Crippen LogP contribution >= 0.6 is 11.6 Å². The Morgan fingerprint density at radius 3 is 2.77 bits per heavy atom. The number of ether oxygens (including phenoxy) is 1. The van der Waals surface area contributed by atoms with Crippen molar-refractivity contribution in [1.29, 1.82) is 0 Å². The molecule has 11 heteroatoms. The first-order valence-corrected chi connectivity index (χ1v) is 13.5. The van der Waals surface area contributed by atoms with Crippen LogP contribution in [-0.4, -0.2) is 69.7 Å². The number of fused-ring (bicyclic) bond motifs is 1. The van der Waals surface area contributed by atoms with Crippen molar-refractivity contribution in [1.82, 2.24) is 30.3 Å². The summed E-state index contributed by atoms with van der Waals surface area (Å²) in [5.41, 5.74) is 1.37. The molecule has 39 heavy (non-hydrogen) atoms. The number of carbonyl (C=O) groups is 3. The van der Waals surface area contributed by atoms with Gasteiger partial charge in [-0.3, -0.25) is 19.1 Å². The minimum Gasteiger partial charge on any atom is -0.491 e. The fourth-order valence-electron chi connectivity index (χ4n) is 4.41. The van der Waals surface area contributed by atoms with Crippen LogP contribution in [-0.2, 0) is 22.6 Å². The molecule has 2 N–H and O–H groups in total. The lowest BCUT2D eigenvalue weighted by Gasteiger charge is -2.25. The number of hydrogen-bond acceptors (Lipinski definition) is 6. The highest BCUT2D eigenvalue weighted by Gasteiger charge is 2.22. The number of amides is 3. The largest absolute Gasteiger partial charge is 0.491 e. The average Bonchev–Trinajstić information content (AvgIpc) is 3.45. The van der Waals surface area contributed by atoms with Crippen molar-refractivity contribution < 1.29 is 19.1 Å². The number of aryl methyl sites for hydroxylation is 1. The molecule has 10 nitrogen and oxygen atoms in total. The third-order valence-corrected chi connectivity index (χ3v) is 6.62. The number of aromatic nitrogens is 3. The third kappa shape index (κ3) is 8.81. The summed E-state index contributed by atoms with van der Waals surface area (Å²) < 4.78 is 7.73. The average molecular weight is 553 g/mol. The number of benzene rings is 2. The van der Waals surface area contributed by atoms with Gasteiger partial charge in [-0.1, -0.05) is 41.9 Å². The molecule has 0 saturated heterocycles. The maximum atomic E-state index is 13.2. The summed E-state index contributed by atoms with van der Waals surface area (Å²) in [6.45, 7) is 1.48. The van der Waals surface area contributed by atoms with Gasteiger partial charge in [0.2, 0.25) is 11.8 Å². The summed E-state index contributed by atoms with van der Waals surface area (Å²) in [5.74, 6) is -0.253. The van der Waals surface area contributed by atoms with Gasteiger partial charge in [-0.15, -0.1) is 0 Å². The number of halogens is 1. The van der Waals surface area contributed by atoms with E-state index in [4.69, 9.17) is 16.3 Å². The highest BCUT2D eigenvalue weighted by atomic mass is 35.5. The standard InChI is InChI=1S/C28H33ClN6O4/c29-22-10-11-25-24(16-22)28(38)31-12-4-5-13-34(27(37)9-6-14-35-20-30-19-32-35)17-26(36)33-23(18-39-25)15-21-7-2-1-3-8-21/h1-3,7-8,10-11,16,19-20,23H,4-6,9,12-15,17-18H2,(H,31,38)(H,33,36)/t23-/m0/s1. The first kappa shape index (κ1) is 28.1. The van der Waals surface area contributed by atoms with E-state index in [9.17, 15) is 14.4 Å². The maximum Gasteiger partial charge on any atom is 0.255 e. The van der Waals surface area contributed by atoms with Gasteiger partial charge >= 0.3 is 0 Å². The molecule has 206 valence electrons. The van der Waals surface area contributed by atoms with Gasteiger partial charge in [-0.25, -0.2) is 4.98 Å². The van der Waals surface area contributed by atoms with Gasteiger partial charge in [0.15, 0.2) is 0 Å². The van der Waals surface area contributed by atoms with Gasteiger partial charge in [-0.05, 0) is 49.4 Å². The SMILES string of the molecule is O=C1CN(C(=O)CCCn2cncn2)CCCCNC(=O)c2cc(Cl)ccc2OC[C@H](Cc2ccccc2)N1. The second-order valence-corrected chi connectivity index (χ2v) is 9.88. The first-order valence-electron chi connectivity index (χ1n) is 13.1. The molecule has 3 aromatic rings. The summed E-state index contributed by atoms with van der Waals surface area (Å²) >= 11 is 6.16. The van der Waals surface area contributed by atoms with E-state index >= 15 is 0 Å². The minimum absolute atomic E-state index is 0.0496. The van der Waals surface area contributed by atoms with Crippen molar-refractivity contribution in [2.24, 2.45) is 0 Å². The smallest absolute Gasteiger partial charge is 0.255 e. The maximum absolute atomic E-state index is 13.2. The molecule has 3 amide bonds. The molecular formula is C28H33ClN6O4. The van der Waals surface area contributed by atoms with Crippen LogP contribution in [0.15, 0.2) is 61.2 Å². The number of nitrogens with zero attached hydrogens (tertiary/aromatic N) is 4. The van der Waals surface area contributed by atoms with Crippen LogP contribution in [0.1, 0.15) is 41.6 Å². The predicted molar refractivity (Wildman–Crippen MR) is 146 cm³/mol. The van der Waals surface area contributed by atoms with E-state index in [2.05, 4.69) is 20.7 Å². The van der Waals surface area contributed by atoms with Crippen molar-refractivity contribution >= 4 is 29.3 Å². The molecule has 0 fully saturated rings. The molecule has 0 spiro atoms. The summed E-state index contributed by atoms with van der Waals surface area (Å²) in [4.78, 5) is 44.7. The lowest BCUT2D eigenvalue weighted by molar-refractivity contribution is -0.136. The third-order valence-electron chi connectivity index (χ3n) is 6.39. The molecule has 2 heterocycles. The highest BCUT2D eigenvalue weighted by Crippen LogP contribution is 2.23. The molecule has 0 aliphatic carbocycles. The Bertz CT molecular complexity index is 1240. The number of nitrogens with one attached hydrogen (secondary N) is 2. The highest BCUT2D eigenvalue weighted by molar-refractivity contribution is 6.31. The van der Waals surface area contributed by atoms with Crippen LogP contribution in [0.2, 0.25) is 5.02 Å². The molecule has 0 bridgehead atoms. The molecule has 1 aliphatic rings. The molecule has 2 aromatic carbocycles. The van der Waals surface area contributed by atoms with E-state index in [1.807, 2.05) is 30.3 Å². The second-order valence-electron chi connectivity index (χ2n) is 9.45. The summed E-state index contributed by atoms with van der Waals surface area (Å²) in [6, 6.07) is 14.3. The van der Waals surface area contributed by atoms with Gasteiger partial charge in [-0.2, -0.15) is 5.10 Å². The van der Waals surface area contributed by atoms with Crippen molar-refractivity contribution in [2.45, 2.75) is 44.7 Å². The van der Waals surface area contributed by atoms with Gasteiger partial charge < -0.3 is 20.3 Å². The van der Waals surface area contributed by atoms with Gasteiger partial charge in [0, 0.05) is 31.1 Å². The zero-order chi connectivity index (χ0) is 27.5. The molecule has 0 radical (unpaired) electrons. The molecule has 4 rings (SSSR count). The zero-order valence-corrected chi connectivity index (χ0v) is 22.5. The lowest BCUT2D eigenvalue weighted by atomic mass is 10.1. The van der Waals surface area contributed by atoms with Gasteiger partial charge in [0.05, 0.1) is 18.2 Å². The zero-order valence-electron chi connectivity index (χ0n) is 21.7. The van der Waals surface area contributed by atoms with E-state index < -0.39 is 0 Å². The Kier molecular flexibility index (Phi) is 10.3. The summed E-state index contributed by atoms with van der Waals surface area (Å²) in [7, 11) is 0. The normalized spacial score (nSPS) is 17.2. The topological polar surface area (TPSA) is 118 Å². The van der Waals surface area contributed by atoms with Crippen LogP contribution < -0.4 is 15.4 Å². The lowest BCUT2D eigenvalue weighted by Crippen LogP contribution is -2.47. The van der Waals surface area contributed by atoms with E-state index in [-0.39, 0.29) is 43.3 Å². The molecular weight excluding hydrogens is 520 g/mol. The predicted octanol–water partition coefficient (Wildman–Crippen LogP) is 2.87. The molecule has 0 saturated carbocycles. The van der Waals surface area contributed by atoms with Crippen molar-refractivity contribution in [3.8, 4) is 5.75 Å². The monoisotopic (exact) mass is 552 g/mol. The van der Waals surface area contributed by atoms with Crippen LogP contribution in [0.5, 0.6) is 5.75 Å². The Hall–Kier alpha value is -3.92. The number of carbonyl (C=O) groups excluding carboxylic acids is 3. The van der Waals surface area contributed by atoms with Crippen molar-refractivity contribution in [3.63, 3.8) is 0 Å². The van der Waals surface area contributed by atoms with Crippen LogP contribution in [0.3, 0.4) is 0 Å². The van der Waals surface area contributed by atoms with Crippen molar-refractivity contribution in [2.75, 3.05) is 26.2 Å². The van der Waals surface area contributed by atoms with Crippen LogP contribution in [0.4, 0.5) is 0 Å². The Balaban J connectivity index is 1.48. The Labute approximate surface area is 232 Å². The Morgan fingerprint density at radius 1 is 1.13 bits per heavy atom. The van der Waals surface area contributed by atoms with E-state index in [0.717, 1.165) is 5.56 Å². The molecule has 0 unspecified atom stereocenters. The van der Waals surface area contributed by atoms with Gasteiger partial charge in [0.1, 0.15) is 25.0 Å².